The second-order valence-electron chi connectivity index (χ2n) is 3.59. The van der Waals surface area contributed by atoms with Crippen LogP contribution in [0.25, 0.3) is 10.9 Å². The number of aliphatic hydroxyl groups is 2. The molecule has 1 heterocycles. The zero-order chi connectivity index (χ0) is 12.4. The molecule has 17 heavy (non-hydrogen) atoms. The van der Waals surface area contributed by atoms with Gasteiger partial charge in [-0.15, -0.1) is 0 Å². The van der Waals surface area contributed by atoms with Crippen molar-refractivity contribution in [1.82, 2.24) is 10.2 Å². The lowest BCUT2D eigenvalue weighted by Crippen LogP contribution is -2.23. The van der Waals surface area contributed by atoms with Crippen molar-refractivity contribution < 1.29 is 10.2 Å². The lowest BCUT2D eigenvalue weighted by atomic mass is 10.2. The van der Waals surface area contributed by atoms with Gasteiger partial charge >= 0.3 is 0 Å². The molecule has 7 heteroatoms. The Balaban J connectivity index is 2.35. The topological polar surface area (TPSA) is 81.2 Å². The summed E-state index contributed by atoms with van der Waals surface area (Å²) in [4.78, 5) is 0. The molecule has 1 atom stereocenters. The van der Waals surface area contributed by atoms with Crippen molar-refractivity contribution in [2.75, 3.05) is 18.5 Å². The third-order valence-corrected chi connectivity index (χ3v) is 3.62. The van der Waals surface area contributed by atoms with E-state index >= 15 is 0 Å². The number of nitrogens with one attached hydrogen (secondary N) is 2. The smallest absolute Gasteiger partial charge is 0.0942 e. The number of hydrogen-bond donors (Lipinski definition) is 4. The third-order valence-electron chi connectivity index (χ3n) is 2.36. The number of fused-ring (bicyclic) bond motifs is 1. The van der Waals surface area contributed by atoms with Crippen LogP contribution < -0.4 is 5.32 Å². The first kappa shape index (κ1) is 12.8. The Labute approximate surface area is 114 Å². The van der Waals surface area contributed by atoms with Gasteiger partial charge in [-0.05, 0) is 37.9 Å². The van der Waals surface area contributed by atoms with Gasteiger partial charge in [0.05, 0.1) is 30.1 Å². The van der Waals surface area contributed by atoms with Crippen molar-refractivity contribution in [2.45, 2.75) is 6.10 Å². The first-order valence-corrected chi connectivity index (χ1v) is 6.56. The number of hydrogen-bond acceptors (Lipinski definition) is 4. The van der Waals surface area contributed by atoms with E-state index in [1.807, 2.05) is 6.07 Å². The van der Waals surface area contributed by atoms with Crippen LogP contribution in [-0.4, -0.2) is 39.7 Å². The number of aliphatic hydroxyl groups excluding tert-OH is 2. The van der Waals surface area contributed by atoms with Gasteiger partial charge in [0.15, 0.2) is 0 Å². The van der Waals surface area contributed by atoms with Crippen molar-refractivity contribution in [1.29, 1.82) is 0 Å². The van der Waals surface area contributed by atoms with E-state index in [4.69, 9.17) is 5.11 Å². The summed E-state index contributed by atoms with van der Waals surface area (Å²) < 4.78 is 1.77. The summed E-state index contributed by atoms with van der Waals surface area (Å²) in [7, 11) is 0. The number of benzene rings is 1. The molecule has 0 bridgehead atoms. The molecule has 0 aliphatic heterocycles. The fraction of sp³-hybridized carbons (Fsp3) is 0.300. The SMILES string of the molecule is OCC(O)CNc1c(Br)cc(Br)c2[nH]ncc12. The van der Waals surface area contributed by atoms with E-state index < -0.39 is 6.10 Å². The van der Waals surface area contributed by atoms with Gasteiger partial charge in [0.2, 0.25) is 0 Å². The maximum Gasteiger partial charge on any atom is 0.0942 e. The predicted molar refractivity (Wildman–Crippen MR) is 73.1 cm³/mol. The van der Waals surface area contributed by atoms with Crippen LogP contribution in [0.3, 0.4) is 0 Å². The van der Waals surface area contributed by atoms with E-state index in [0.717, 1.165) is 25.5 Å². The zero-order valence-electron chi connectivity index (χ0n) is 8.74. The molecule has 2 aromatic rings. The van der Waals surface area contributed by atoms with Gasteiger partial charge in [0.1, 0.15) is 0 Å². The number of H-pyrrole nitrogens is 1. The van der Waals surface area contributed by atoms with Gasteiger partial charge in [-0.1, -0.05) is 0 Å². The summed E-state index contributed by atoms with van der Waals surface area (Å²) in [5.74, 6) is 0. The number of rotatable bonds is 4. The zero-order valence-corrected chi connectivity index (χ0v) is 11.9. The van der Waals surface area contributed by atoms with Gasteiger partial charge in [0.25, 0.3) is 0 Å². The molecular weight excluding hydrogens is 354 g/mol. The van der Waals surface area contributed by atoms with E-state index in [1.165, 1.54) is 0 Å². The highest BCUT2D eigenvalue weighted by Gasteiger charge is 2.12. The molecule has 0 spiro atoms. The minimum atomic E-state index is -0.785. The molecule has 0 radical (unpaired) electrons. The van der Waals surface area contributed by atoms with Crippen molar-refractivity contribution in [2.24, 2.45) is 0 Å². The molecule has 0 aliphatic rings. The average molecular weight is 365 g/mol. The summed E-state index contributed by atoms with van der Waals surface area (Å²) >= 11 is 6.88. The van der Waals surface area contributed by atoms with Crippen LogP contribution >= 0.6 is 31.9 Å². The van der Waals surface area contributed by atoms with Crippen LogP contribution in [0.4, 0.5) is 5.69 Å². The summed E-state index contributed by atoms with van der Waals surface area (Å²) in [5.41, 5.74) is 1.72. The van der Waals surface area contributed by atoms with Crippen molar-refractivity contribution >= 4 is 48.5 Å². The highest BCUT2D eigenvalue weighted by molar-refractivity contribution is 9.11. The van der Waals surface area contributed by atoms with Gasteiger partial charge in [-0.25, -0.2) is 0 Å². The summed E-state index contributed by atoms with van der Waals surface area (Å²) in [6.07, 6.45) is 0.922. The van der Waals surface area contributed by atoms with Crippen LogP contribution in [0.2, 0.25) is 0 Å². The number of aromatic amines is 1. The molecule has 4 N–H and O–H groups in total. The standard InChI is InChI=1S/C10H11Br2N3O2/c11-7-1-8(12)10-6(3-14-15-10)9(7)13-2-5(17)4-16/h1,3,5,13,16-17H,2,4H2,(H,14,15). The highest BCUT2D eigenvalue weighted by Crippen LogP contribution is 2.35. The Kier molecular flexibility index (Phi) is 4.03. The van der Waals surface area contributed by atoms with E-state index in [1.54, 1.807) is 6.20 Å². The largest absolute Gasteiger partial charge is 0.394 e. The Morgan fingerprint density at radius 2 is 2.18 bits per heavy atom. The second kappa shape index (κ2) is 5.34. The summed E-state index contributed by atoms with van der Waals surface area (Å²) in [5, 5.41) is 29.0. The Morgan fingerprint density at radius 1 is 1.41 bits per heavy atom. The normalized spacial score (nSPS) is 12.9. The number of aromatic nitrogens is 2. The van der Waals surface area contributed by atoms with Gasteiger partial charge in [0, 0.05) is 20.9 Å². The number of halogens is 2. The first-order chi connectivity index (χ1) is 8.13. The summed E-state index contributed by atoms with van der Waals surface area (Å²) in [6.45, 7) is 0.00664. The minimum Gasteiger partial charge on any atom is -0.394 e. The molecule has 1 aromatic carbocycles. The average Bonchev–Trinajstić information content (AvgIpc) is 2.77. The van der Waals surface area contributed by atoms with Crippen LogP contribution in [-0.2, 0) is 0 Å². The van der Waals surface area contributed by atoms with Crippen molar-refractivity contribution in [3.8, 4) is 0 Å². The maximum atomic E-state index is 9.33. The lowest BCUT2D eigenvalue weighted by molar-refractivity contribution is 0.105. The quantitative estimate of drug-likeness (QED) is 0.667. The van der Waals surface area contributed by atoms with Crippen LogP contribution in [0, 0.1) is 0 Å². The summed E-state index contributed by atoms with van der Waals surface area (Å²) in [6, 6.07) is 1.90. The number of anilines is 1. The monoisotopic (exact) mass is 363 g/mol. The van der Waals surface area contributed by atoms with Gasteiger partial charge in [-0.3, -0.25) is 5.10 Å². The molecular formula is C10H11Br2N3O2. The van der Waals surface area contributed by atoms with Crippen molar-refractivity contribution in [3.05, 3.63) is 21.2 Å². The molecule has 2 rings (SSSR count). The van der Waals surface area contributed by atoms with Crippen molar-refractivity contribution in [3.63, 3.8) is 0 Å². The highest BCUT2D eigenvalue weighted by atomic mass is 79.9. The van der Waals surface area contributed by atoms with E-state index in [0.29, 0.717) is 0 Å². The molecule has 0 aliphatic carbocycles. The van der Waals surface area contributed by atoms with Crippen LogP contribution in [0.1, 0.15) is 0 Å². The first-order valence-electron chi connectivity index (χ1n) is 4.97. The predicted octanol–water partition coefficient (Wildman–Crippen LogP) is 1.85. The Bertz CT molecular complexity index is 529. The molecule has 0 saturated carbocycles. The van der Waals surface area contributed by atoms with Gasteiger partial charge in [-0.2, -0.15) is 5.10 Å². The fourth-order valence-electron chi connectivity index (χ4n) is 1.51. The third kappa shape index (κ3) is 2.62. The molecule has 0 fully saturated rings. The Morgan fingerprint density at radius 3 is 2.88 bits per heavy atom. The minimum absolute atomic E-state index is 0.268. The van der Waals surface area contributed by atoms with Gasteiger partial charge < -0.3 is 15.5 Å². The molecule has 1 unspecified atom stereocenters. The Hall–Kier alpha value is -0.630. The molecule has 0 amide bonds. The van der Waals surface area contributed by atoms with E-state index in [9.17, 15) is 5.11 Å². The molecule has 5 nitrogen and oxygen atoms in total. The number of nitrogens with zero attached hydrogens (tertiary/aromatic N) is 1. The lowest BCUT2D eigenvalue weighted by Gasteiger charge is -2.13. The molecule has 92 valence electrons. The molecule has 1 aromatic heterocycles. The van der Waals surface area contributed by atoms with E-state index in [-0.39, 0.29) is 13.2 Å². The van der Waals surface area contributed by atoms with Crippen LogP contribution in [0.15, 0.2) is 21.2 Å². The van der Waals surface area contributed by atoms with E-state index in [2.05, 4.69) is 47.4 Å². The molecule has 0 saturated heterocycles. The fourth-order valence-corrected chi connectivity index (χ4v) is 2.93. The maximum absolute atomic E-state index is 9.33. The van der Waals surface area contributed by atoms with Crippen LogP contribution in [0.5, 0.6) is 0 Å². The second-order valence-corrected chi connectivity index (χ2v) is 5.30.